The van der Waals surface area contributed by atoms with E-state index in [9.17, 15) is 14.7 Å². The Morgan fingerprint density at radius 1 is 1.20 bits per heavy atom. The minimum atomic E-state index is -1.12. The molecular formula is C21H23ClN4O4. The molecule has 0 spiro atoms. The number of carbonyl (C=O) groups is 2. The van der Waals surface area contributed by atoms with E-state index in [1.54, 1.807) is 11.0 Å². The van der Waals surface area contributed by atoms with E-state index in [1.807, 2.05) is 32.9 Å². The Morgan fingerprint density at radius 2 is 1.90 bits per heavy atom. The SMILES string of the molecule is CC(C)(C)OC(=O)N1CCC(c2ccc3c(c2)c2c(Cl)ncnc2n3C(=O)O)CC1. The van der Waals surface area contributed by atoms with Crippen molar-refractivity contribution in [2.45, 2.75) is 45.1 Å². The molecule has 8 nitrogen and oxygen atoms in total. The summed E-state index contributed by atoms with van der Waals surface area (Å²) in [6, 6.07) is 5.70. The predicted octanol–water partition coefficient (Wildman–Crippen LogP) is 4.88. The summed E-state index contributed by atoms with van der Waals surface area (Å²) in [5.41, 5.74) is 1.36. The van der Waals surface area contributed by atoms with Gasteiger partial charge in [-0.05, 0) is 57.2 Å². The van der Waals surface area contributed by atoms with Gasteiger partial charge < -0.3 is 14.7 Å². The van der Waals surface area contributed by atoms with Crippen LogP contribution < -0.4 is 0 Å². The van der Waals surface area contributed by atoms with Crippen molar-refractivity contribution in [2.75, 3.05) is 13.1 Å². The number of ether oxygens (including phenoxy) is 1. The number of piperidine rings is 1. The molecule has 30 heavy (non-hydrogen) atoms. The van der Waals surface area contributed by atoms with Gasteiger partial charge in [0, 0.05) is 18.5 Å². The minimum Gasteiger partial charge on any atom is -0.464 e. The zero-order valence-corrected chi connectivity index (χ0v) is 17.8. The molecule has 0 saturated carbocycles. The quantitative estimate of drug-likeness (QED) is 0.552. The second-order valence-electron chi connectivity index (χ2n) is 8.50. The van der Waals surface area contributed by atoms with Crippen molar-refractivity contribution < 1.29 is 19.4 Å². The highest BCUT2D eigenvalue weighted by Crippen LogP contribution is 2.36. The molecule has 3 heterocycles. The predicted molar refractivity (Wildman–Crippen MR) is 113 cm³/mol. The summed E-state index contributed by atoms with van der Waals surface area (Å²) in [6.45, 7) is 6.79. The Kier molecular flexibility index (Phi) is 5.05. The second kappa shape index (κ2) is 7.43. The largest absolute Gasteiger partial charge is 0.464 e. The first-order valence-electron chi connectivity index (χ1n) is 9.81. The smallest absolute Gasteiger partial charge is 0.417 e. The van der Waals surface area contributed by atoms with Crippen LogP contribution in [0.4, 0.5) is 9.59 Å². The average molecular weight is 431 g/mol. The summed E-state index contributed by atoms with van der Waals surface area (Å²) >= 11 is 6.28. The summed E-state index contributed by atoms with van der Waals surface area (Å²) < 4.78 is 6.59. The van der Waals surface area contributed by atoms with Crippen molar-refractivity contribution in [1.82, 2.24) is 19.4 Å². The maximum absolute atomic E-state index is 12.3. The van der Waals surface area contributed by atoms with Gasteiger partial charge in [0.05, 0.1) is 10.9 Å². The fourth-order valence-corrected chi connectivity index (χ4v) is 4.22. The summed E-state index contributed by atoms with van der Waals surface area (Å²) in [6.07, 6.45) is 1.45. The Labute approximate surface area is 178 Å². The molecule has 1 amide bonds. The van der Waals surface area contributed by atoms with Crippen LogP contribution in [0.2, 0.25) is 5.15 Å². The van der Waals surface area contributed by atoms with Crippen LogP contribution in [0.25, 0.3) is 21.9 Å². The van der Waals surface area contributed by atoms with Crippen LogP contribution in [-0.2, 0) is 4.74 Å². The van der Waals surface area contributed by atoms with Gasteiger partial charge in [-0.2, -0.15) is 0 Å². The Morgan fingerprint density at radius 3 is 2.53 bits per heavy atom. The number of benzene rings is 1. The fraction of sp³-hybridized carbons (Fsp3) is 0.429. The third kappa shape index (κ3) is 3.67. The number of fused-ring (bicyclic) bond motifs is 3. The maximum Gasteiger partial charge on any atom is 0.417 e. The van der Waals surface area contributed by atoms with Crippen molar-refractivity contribution in [1.29, 1.82) is 0 Å². The van der Waals surface area contributed by atoms with Crippen molar-refractivity contribution in [3.63, 3.8) is 0 Å². The highest BCUT2D eigenvalue weighted by Gasteiger charge is 2.28. The van der Waals surface area contributed by atoms with Gasteiger partial charge >= 0.3 is 12.2 Å². The van der Waals surface area contributed by atoms with Crippen LogP contribution in [0.15, 0.2) is 24.5 Å². The first kappa shape index (κ1) is 20.4. The zero-order chi connectivity index (χ0) is 21.6. The fourth-order valence-electron chi connectivity index (χ4n) is 3.99. The van der Waals surface area contributed by atoms with E-state index >= 15 is 0 Å². The normalized spacial score (nSPS) is 15.7. The molecule has 0 unspecified atom stereocenters. The number of hydrogen-bond acceptors (Lipinski definition) is 5. The number of carbonyl (C=O) groups excluding carboxylic acids is 1. The van der Waals surface area contributed by atoms with Gasteiger partial charge in [-0.15, -0.1) is 0 Å². The lowest BCUT2D eigenvalue weighted by Crippen LogP contribution is -2.41. The number of carboxylic acid groups (broad SMARTS) is 1. The van der Waals surface area contributed by atoms with Gasteiger partial charge in [-0.1, -0.05) is 17.7 Å². The average Bonchev–Trinajstić information content (AvgIpc) is 3.01. The minimum absolute atomic E-state index is 0.224. The lowest BCUT2D eigenvalue weighted by molar-refractivity contribution is 0.0205. The summed E-state index contributed by atoms with van der Waals surface area (Å²) in [7, 11) is 0. The summed E-state index contributed by atoms with van der Waals surface area (Å²) in [4.78, 5) is 34.0. The maximum atomic E-state index is 12.3. The highest BCUT2D eigenvalue weighted by molar-refractivity contribution is 6.36. The molecule has 1 fully saturated rings. The van der Waals surface area contributed by atoms with Crippen LogP contribution in [0.5, 0.6) is 0 Å². The number of nitrogens with zero attached hydrogens (tertiary/aromatic N) is 4. The Hall–Kier alpha value is -2.87. The van der Waals surface area contributed by atoms with Crippen molar-refractivity contribution in [3.8, 4) is 0 Å². The summed E-state index contributed by atoms with van der Waals surface area (Å²) in [5, 5.41) is 11.1. The number of rotatable bonds is 1. The van der Waals surface area contributed by atoms with Gasteiger partial charge in [0.25, 0.3) is 0 Å². The molecule has 158 valence electrons. The molecule has 0 aliphatic carbocycles. The molecule has 1 aliphatic heterocycles. The van der Waals surface area contributed by atoms with E-state index in [-0.39, 0.29) is 22.8 Å². The van der Waals surface area contributed by atoms with Crippen LogP contribution in [0.1, 0.15) is 45.1 Å². The third-order valence-electron chi connectivity index (χ3n) is 5.33. The third-order valence-corrected chi connectivity index (χ3v) is 5.62. The van der Waals surface area contributed by atoms with Crippen molar-refractivity contribution in [3.05, 3.63) is 35.2 Å². The van der Waals surface area contributed by atoms with Gasteiger partial charge in [0.1, 0.15) is 17.1 Å². The standard InChI is InChI=1S/C21H23ClN4O4/c1-21(2,3)30-20(29)25-8-6-12(7-9-25)13-4-5-15-14(10-13)16-17(22)23-11-24-18(16)26(15)19(27)28/h4-5,10-12H,6-9H2,1-3H3,(H,27,28). The van der Waals surface area contributed by atoms with E-state index in [2.05, 4.69) is 9.97 Å². The van der Waals surface area contributed by atoms with Crippen molar-refractivity contribution >= 4 is 45.7 Å². The van der Waals surface area contributed by atoms with E-state index in [1.165, 1.54) is 6.33 Å². The molecule has 1 saturated heterocycles. The van der Waals surface area contributed by atoms with E-state index in [0.29, 0.717) is 29.4 Å². The van der Waals surface area contributed by atoms with Crippen LogP contribution in [0.3, 0.4) is 0 Å². The van der Waals surface area contributed by atoms with Gasteiger partial charge in [0.2, 0.25) is 0 Å². The number of amides is 1. The highest BCUT2D eigenvalue weighted by atomic mass is 35.5. The van der Waals surface area contributed by atoms with Crippen molar-refractivity contribution in [2.24, 2.45) is 0 Å². The molecule has 0 atom stereocenters. The molecule has 1 N–H and O–H groups in total. The van der Waals surface area contributed by atoms with Crippen LogP contribution in [-0.4, -0.2) is 55.4 Å². The van der Waals surface area contributed by atoms with Gasteiger partial charge in [-0.25, -0.2) is 24.1 Å². The van der Waals surface area contributed by atoms with Crippen LogP contribution in [0, 0.1) is 0 Å². The lowest BCUT2D eigenvalue weighted by Gasteiger charge is -2.33. The van der Waals surface area contributed by atoms with E-state index in [0.717, 1.165) is 23.0 Å². The molecule has 9 heteroatoms. The lowest BCUT2D eigenvalue weighted by atomic mass is 9.89. The van der Waals surface area contributed by atoms with E-state index < -0.39 is 11.7 Å². The van der Waals surface area contributed by atoms with Gasteiger partial charge in [-0.3, -0.25) is 0 Å². The summed E-state index contributed by atoms with van der Waals surface area (Å²) in [5.74, 6) is 0.250. The first-order chi connectivity index (χ1) is 14.2. The molecule has 4 rings (SSSR count). The number of likely N-dealkylation sites (tertiary alicyclic amines) is 1. The van der Waals surface area contributed by atoms with E-state index in [4.69, 9.17) is 16.3 Å². The molecule has 0 radical (unpaired) electrons. The monoisotopic (exact) mass is 430 g/mol. The molecular weight excluding hydrogens is 408 g/mol. The first-order valence-corrected chi connectivity index (χ1v) is 10.2. The Balaban J connectivity index is 1.63. The van der Waals surface area contributed by atoms with Gasteiger partial charge in [0.15, 0.2) is 5.65 Å². The molecule has 1 aromatic carbocycles. The second-order valence-corrected chi connectivity index (χ2v) is 8.86. The number of hydrogen-bond donors (Lipinski definition) is 1. The zero-order valence-electron chi connectivity index (χ0n) is 17.1. The Bertz CT molecular complexity index is 1140. The number of aromatic nitrogens is 3. The number of halogens is 1. The molecule has 0 bridgehead atoms. The molecule has 1 aliphatic rings. The topological polar surface area (TPSA) is 97.5 Å². The van der Waals surface area contributed by atoms with Crippen LogP contribution >= 0.6 is 11.6 Å². The molecule has 2 aromatic heterocycles. The molecule has 3 aromatic rings.